The largest absolute Gasteiger partial charge is 0.312 e. The van der Waals surface area contributed by atoms with Gasteiger partial charge in [-0.1, -0.05) is 24.6 Å². The Morgan fingerprint density at radius 1 is 1.19 bits per heavy atom. The van der Waals surface area contributed by atoms with Crippen LogP contribution in [0, 0.1) is 13.8 Å². The molecule has 0 aliphatic heterocycles. The molecule has 6 heteroatoms. The van der Waals surface area contributed by atoms with Crippen molar-refractivity contribution >= 4 is 27.0 Å². The van der Waals surface area contributed by atoms with E-state index in [2.05, 4.69) is 10.0 Å². The Hall–Kier alpha value is -1.37. The fraction of sp³-hybridized carbons (Fsp3) is 0.333. The van der Waals surface area contributed by atoms with Crippen LogP contribution in [0.1, 0.15) is 22.9 Å². The number of nitrogens with one attached hydrogen (secondary N) is 2. The van der Waals surface area contributed by atoms with Gasteiger partial charge in [-0.15, -0.1) is 11.3 Å². The first kappa shape index (κ1) is 16.0. The zero-order valence-corrected chi connectivity index (χ0v) is 14.1. The summed E-state index contributed by atoms with van der Waals surface area (Å²) in [7, 11) is -3.52. The molecule has 0 amide bonds. The molecule has 0 spiro atoms. The molecule has 1 aromatic carbocycles. The number of rotatable bonds is 6. The summed E-state index contributed by atoms with van der Waals surface area (Å²) in [6.07, 6.45) is 0. The number of hydrogen-bond acceptors (Lipinski definition) is 4. The maximum Gasteiger partial charge on any atom is 0.262 e. The molecular weight excluding hydrogens is 304 g/mol. The van der Waals surface area contributed by atoms with Crippen molar-refractivity contribution in [3.8, 4) is 0 Å². The Morgan fingerprint density at radius 3 is 2.62 bits per heavy atom. The average molecular weight is 324 g/mol. The van der Waals surface area contributed by atoms with Crippen LogP contribution >= 0.6 is 11.3 Å². The van der Waals surface area contributed by atoms with Gasteiger partial charge in [0.2, 0.25) is 0 Å². The van der Waals surface area contributed by atoms with Crippen molar-refractivity contribution in [2.75, 3.05) is 11.3 Å². The molecule has 2 N–H and O–H groups in total. The summed E-state index contributed by atoms with van der Waals surface area (Å²) >= 11 is 1.45. The lowest BCUT2D eigenvalue weighted by molar-refractivity contribution is 0.601. The second-order valence-electron chi connectivity index (χ2n) is 4.95. The van der Waals surface area contributed by atoms with Crippen LogP contribution in [0.2, 0.25) is 0 Å². The zero-order chi connectivity index (χ0) is 15.5. The van der Waals surface area contributed by atoms with Crippen LogP contribution in [0.15, 0.2) is 34.5 Å². The first-order chi connectivity index (χ1) is 9.92. The fourth-order valence-corrected chi connectivity index (χ4v) is 4.35. The molecule has 2 rings (SSSR count). The van der Waals surface area contributed by atoms with Gasteiger partial charge < -0.3 is 5.32 Å². The molecule has 114 valence electrons. The zero-order valence-electron chi connectivity index (χ0n) is 12.4. The van der Waals surface area contributed by atoms with Crippen LogP contribution in [0.4, 0.5) is 5.69 Å². The van der Waals surface area contributed by atoms with Crippen LogP contribution < -0.4 is 10.0 Å². The van der Waals surface area contributed by atoms with E-state index in [0.717, 1.165) is 22.5 Å². The summed E-state index contributed by atoms with van der Waals surface area (Å²) in [6, 6.07) is 7.38. The molecule has 0 atom stereocenters. The molecule has 2 aromatic rings. The van der Waals surface area contributed by atoms with Gasteiger partial charge in [-0.25, -0.2) is 8.42 Å². The van der Waals surface area contributed by atoms with Gasteiger partial charge in [0, 0.05) is 16.8 Å². The second kappa shape index (κ2) is 6.60. The van der Waals surface area contributed by atoms with E-state index in [9.17, 15) is 8.42 Å². The first-order valence-corrected chi connectivity index (χ1v) is 9.17. The average Bonchev–Trinajstić information content (AvgIpc) is 2.89. The number of hydrogen-bond donors (Lipinski definition) is 2. The Bertz CT molecular complexity index is 721. The highest BCUT2D eigenvalue weighted by molar-refractivity contribution is 7.92. The molecular formula is C15H20N2O2S2. The third-order valence-electron chi connectivity index (χ3n) is 3.12. The predicted octanol–water partition coefficient (Wildman–Crippen LogP) is 3.28. The van der Waals surface area contributed by atoms with E-state index in [1.165, 1.54) is 11.3 Å². The predicted molar refractivity (Wildman–Crippen MR) is 88.4 cm³/mol. The topological polar surface area (TPSA) is 58.2 Å². The highest BCUT2D eigenvalue weighted by Gasteiger charge is 2.17. The van der Waals surface area contributed by atoms with Crippen LogP contribution in [-0.2, 0) is 16.6 Å². The van der Waals surface area contributed by atoms with Gasteiger partial charge in [-0.2, -0.15) is 0 Å². The first-order valence-electron chi connectivity index (χ1n) is 6.80. The van der Waals surface area contributed by atoms with E-state index in [4.69, 9.17) is 0 Å². The molecule has 1 aromatic heterocycles. The highest BCUT2D eigenvalue weighted by Crippen LogP contribution is 2.24. The molecule has 21 heavy (non-hydrogen) atoms. The molecule has 0 saturated carbocycles. The van der Waals surface area contributed by atoms with Crippen molar-refractivity contribution in [1.29, 1.82) is 0 Å². The van der Waals surface area contributed by atoms with Crippen molar-refractivity contribution < 1.29 is 8.42 Å². The molecule has 0 aliphatic rings. The van der Waals surface area contributed by atoms with Crippen molar-refractivity contribution in [3.63, 3.8) is 0 Å². The number of sulfonamides is 1. The minimum Gasteiger partial charge on any atom is -0.312 e. The van der Waals surface area contributed by atoms with Crippen molar-refractivity contribution in [1.82, 2.24) is 5.32 Å². The lowest BCUT2D eigenvalue weighted by atomic mass is 10.1. The molecule has 1 heterocycles. The van der Waals surface area contributed by atoms with E-state index < -0.39 is 10.0 Å². The Balaban J connectivity index is 2.19. The van der Waals surface area contributed by atoms with Crippen LogP contribution in [0.5, 0.6) is 0 Å². The summed E-state index contributed by atoms with van der Waals surface area (Å²) in [5, 5.41) is 4.87. The minimum atomic E-state index is -3.52. The van der Waals surface area contributed by atoms with E-state index in [-0.39, 0.29) is 0 Å². The van der Waals surface area contributed by atoms with Gasteiger partial charge in [0.15, 0.2) is 0 Å². The van der Waals surface area contributed by atoms with Gasteiger partial charge in [0.25, 0.3) is 10.0 Å². The van der Waals surface area contributed by atoms with Crippen LogP contribution in [0.25, 0.3) is 0 Å². The maximum atomic E-state index is 12.4. The lowest BCUT2D eigenvalue weighted by Gasteiger charge is -2.10. The Morgan fingerprint density at radius 2 is 1.95 bits per heavy atom. The molecule has 0 fully saturated rings. The maximum absolute atomic E-state index is 12.4. The smallest absolute Gasteiger partial charge is 0.262 e. The number of thiophene rings is 1. The molecule has 4 nitrogen and oxygen atoms in total. The van der Waals surface area contributed by atoms with E-state index in [0.29, 0.717) is 17.1 Å². The monoisotopic (exact) mass is 324 g/mol. The van der Waals surface area contributed by atoms with Crippen molar-refractivity contribution in [2.45, 2.75) is 32.2 Å². The van der Waals surface area contributed by atoms with E-state index in [1.807, 2.05) is 32.9 Å². The summed E-state index contributed by atoms with van der Waals surface area (Å²) in [5.41, 5.74) is 2.65. The van der Waals surface area contributed by atoms with Gasteiger partial charge in [0.1, 0.15) is 0 Å². The quantitative estimate of drug-likeness (QED) is 0.857. The summed E-state index contributed by atoms with van der Waals surface area (Å²) in [5.74, 6) is 0. The standard InChI is InChI=1S/C15H20N2O2S2/c1-4-16-9-13-8-14(10-20-13)21(18,19)17-15-6-5-11(2)7-12(15)3/h5-8,10,16-17H,4,9H2,1-3H3. The summed E-state index contributed by atoms with van der Waals surface area (Å²) in [6.45, 7) is 7.46. The number of benzene rings is 1. The van der Waals surface area contributed by atoms with Gasteiger partial charge in [-0.3, -0.25) is 4.72 Å². The van der Waals surface area contributed by atoms with Crippen LogP contribution in [0.3, 0.4) is 0 Å². The fourth-order valence-electron chi connectivity index (χ4n) is 1.97. The molecule has 0 aliphatic carbocycles. The lowest BCUT2D eigenvalue weighted by Crippen LogP contribution is -2.13. The third-order valence-corrected chi connectivity index (χ3v) is 5.55. The summed E-state index contributed by atoms with van der Waals surface area (Å²) < 4.78 is 27.5. The van der Waals surface area contributed by atoms with Gasteiger partial charge >= 0.3 is 0 Å². The van der Waals surface area contributed by atoms with E-state index >= 15 is 0 Å². The summed E-state index contributed by atoms with van der Waals surface area (Å²) in [4.78, 5) is 1.33. The van der Waals surface area contributed by atoms with Gasteiger partial charge in [0.05, 0.1) is 10.6 Å². The number of aryl methyl sites for hydroxylation is 2. The van der Waals surface area contributed by atoms with Crippen LogP contribution in [-0.4, -0.2) is 15.0 Å². The molecule has 0 saturated heterocycles. The minimum absolute atomic E-state index is 0.320. The molecule has 0 unspecified atom stereocenters. The second-order valence-corrected chi connectivity index (χ2v) is 7.63. The molecule has 0 radical (unpaired) electrons. The SMILES string of the molecule is CCNCc1cc(S(=O)(=O)Nc2ccc(C)cc2C)cs1. The molecule has 0 bridgehead atoms. The number of anilines is 1. The third kappa shape index (κ3) is 4.06. The van der Waals surface area contributed by atoms with E-state index in [1.54, 1.807) is 17.5 Å². The Labute approximate surface area is 130 Å². The van der Waals surface area contributed by atoms with Crippen molar-refractivity contribution in [3.05, 3.63) is 45.6 Å². The van der Waals surface area contributed by atoms with Gasteiger partial charge in [-0.05, 0) is 38.1 Å². The Kier molecular flexibility index (Phi) is 5.03. The normalized spacial score (nSPS) is 11.6. The highest BCUT2D eigenvalue weighted by atomic mass is 32.2. The van der Waals surface area contributed by atoms with Crippen molar-refractivity contribution in [2.24, 2.45) is 0 Å².